The van der Waals surface area contributed by atoms with Gasteiger partial charge in [0.05, 0.1) is 0 Å². The standard InChI is InChI=1S/C13H8ClN/c14-13-12-10(7-8-15-13)6-5-9-3-1-2-4-11(9)12/h1-8H. The van der Waals surface area contributed by atoms with E-state index in [1.807, 2.05) is 18.2 Å². The van der Waals surface area contributed by atoms with Crippen molar-refractivity contribution >= 4 is 33.1 Å². The number of pyridine rings is 1. The Morgan fingerprint density at radius 3 is 2.60 bits per heavy atom. The van der Waals surface area contributed by atoms with Crippen molar-refractivity contribution in [2.45, 2.75) is 0 Å². The van der Waals surface area contributed by atoms with Crippen LogP contribution in [0.2, 0.25) is 5.15 Å². The monoisotopic (exact) mass is 213 g/mol. The summed E-state index contributed by atoms with van der Waals surface area (Å²) < 4.78 is 0. The number of hydrogen-bond acceptors (Lipinski definition) is 1. The molecule has 0 amide bonds. The van der Waals surface area contributed by atoms with Gasteiger partial charge in [0.2, 0.25) is 0 Å². The molecule has 3 aromatic rings. The molecule has 2 heteroatoms. The zero-order valence-corrected chi connectivity index (χ0v) is 8.70. The molecule has 0 aliphatic carbocycles. The summed E-state index contributed by atoms with van der Waals surface area (Å²) in [6.45, 7) is 0. The van der Waals surface area contributed by atoms with Crippen molar-refractivity contribution in [3.63, 3.8) is 0 Å². The number of fused-ring (bicyclic) bond motifs is 3. The van der Waals surface area contributed by atoms with E-state index in [2.05, 4.69) is 29.2 Å². The lowest BCUT2D eigenvalue weighted by Crippen LogP contribution is -1.81. The second kappa shape index (κ2) is 3.21. The van der Waals surface area contributed by atoms with E-state index < -0.39 is 0 Å². The Morgan fingerprint density at radius 2 is 1.67 bits per heavy atom. The maximum absolute atomic E-state index is 6.12. The molecular formula is C13H8ClN. The highest BCUT2D eigenvalue weighted by atomic mass is 35.5. The molecule has 0 saturated heterocycles. The van der Waals surface area contributed by atoms with Gasteiger partial charge < -0.3 is 0 Å². The van der Waals surface area contributed by atoms with Crippen LogP contribution in [-0.4, -0.2) is 4.98 Å². The highest BCUT2D eigenvalue weighted by molar-refractivity contribution is 6.36. The molecular weight excluding hydrogens is 206 g/mol. The lowest BCUT2D eigenvalue weighted by atomic mass is 10.0. The fourth-order valence-electron chi connectivity index (χ4n) is 1.91. The van der Waals surface area contributed by atoms with Crippen LogP contribution in [0.4, 0.5) is 0 Å². The fourth-order valence-corrected chi connectivity index (χ4v) is 2.17. The van der Waals surface area contributed by atoms with Gasteiger partial charge in [0.25, 0.3) is 0 Å². The van der Waals surface area contributed by atoms with Gasteiger partial charge in [0, 0.05) is 11.6 Å². The summed E-state index contributed by atoms with van der Waals surface area (Å²) in [5.74, 6) is 0. The van der Waals surface area contributed by atoms with E-state index in [0.29, 0.717) is 5.15 Å². The van der Waals surface area contributed by atoms with Gasteiger partial charge in [0.15, 0.2) is 0 Å². The van der Waals surface area contributed by atoms with Gasteiger partial charge in [-0.25, -0.2) is 4.98 Å². The van der Waals surface area contributed by atoms with Crippen LogP contribution in [0.15, 0.2) is 48.7 Å². The molecule has 1 aromatic heterocycles. The molecule has 0 aliphatic heterocycles. The van der Waals surface area contributed by atoms with Crippen LogP contribution in [0.25, 0.3) is 21.5 Å². The van der Waals surface area contributed by atoms with Gasteiger partial charge in [-0.15, -0.1) is 0 Å². The number of nitrogens with zero attached hydrogens (tertiary/aromatic N) is 1. The summed E-state index contributed by atoms with van der Waals surface area (Å²) in [5.41, 5.74) is 0. The maximum atomic E-state index is 6.12. The molecule has 0 N–H and O–H groups in total. The van der Waals surface area contributed by atoms with E-state index in [1.165, 1.54) is 5.39 Å². The first-order valence-electron chi connectivity index (χ1n) is 4.78. The van der Waals surface area contributed by atoms with Crippen LogP contribution in [0, 0.1) is 0 Å². The zero-order chi connectivity index (χ0) is 10.3. The predicted octanol–water partition coefficient (Wildman–Crippen LogP) is 4.04. The van der Waals surface area contributed by atoms with E-state index in [0.717, 1.165) is 16.2 Å². The van der Waals surface area contributed by atoms with Crippen LogP contribution in [-0.2, 0) is 0 Å². The molecule has 0 atom stereocenters. The quantitative estimate of drug-likeness (QED) is 0.406. The topological polar surface area (TPSA) is 12.9 Å². The first kappa shape index (κ1) is 8.69. The van der Waals surface area contributed by atoms with Crippen molar-refractivity contribution in [2.24, 2.45) is 0 Å². The second-order valence-corrected chi connectivity index (χ2v) is 3.84. The van der Waals surface area contributed by atoms with Crippen molar-refractivity contribution in [3.8, 4) is 0 Å². The van der Waals surface area contributed by atoms with Crippen LogP contribution in [0.5, 0.6) is 0 Å². The second-order valence-electron chi connectivity index (χ2n) is 3.49. The lowest BCUT2D eigenvalue weighted by molar-refractivity contribution is 1.37. The highest BCUT2D eigenvalue weighted by Crippen LogP contribution is 2.29. The zero-order valence-electron chi connectivity index (χ0n) is 7.94. The predicted molar refractivity (Wildman–Crippen MR) is 64.3 cm³/mol. The van der Waals surface area contributed by atoms with Gasteiger partial charge in [-0.05, 0) is 22.2 Å². The fraction of sp³-hybridized carbons (Fsp3) is 0. The van der Waals surface area contributed by atoms with Gasteiger partial charge in [-0.2, -0.15) is 0 Å². The molecule has 1 nitrogen and oxygen atoms in total. The van der Waals surface area contributed by atoms with E-state index in [-0.39, 0.29) is 0 Å². The van der Waals surface area contributed by atoms with Gasteiger partial charge >= 0.3 is 0 Å². The number of rotatable bonds is 0. The highest BCUT2D eigenvalue weighted by Gasteiger charge is 2.03. The molecule has 2 aromatic carbocycles. The third kappa shape index (κ3) is 1.28. The minimum atomic E-state index is 0.573. The van der Waals surface area contributed by atoms with Crippen molar-refractivity contribution in [2.75, 3.05) is 0 Å². The molecule has 0 spiro atoms. The van der Waals surface area contributed by atoms with E-state index in [4.69, 9.17) is 11.6 Å². The Hall–Kier alpha value is -1.60. The van der Waals surface area contributed by atoms with Gasteiger partial charge in [-0.1, -0.05) is 48.0 Å². The molecule has 0 saturated carbocycles. The minimum Gasteiger partial charge on any atom is -0.244 e. The van der Waals surface area contributed by atoms with Crippen molar-refractivity contribution in [1.29, 1.82) is 0 Å². The maximum Gasteiger partial charge on any atom is 0.137 e. The molecule has 72 valence electrons. The Bertz CT molecular complexity index is 646. The van der Waals surface area contributed by atoms with Crippen LogP contribution in [0.1, 0.15) is 0 Å². The molecule has 3 rings (SSSR count). The largest absolute Gasteiger partial charge is 0.244 e. The number of halogens is 1. The summed E-state index contributed by atoms with van der Waals surface area (Å²) in [4.78, 5) is 4.12. The van der Waals surface area contributed by atoms with Crippen LogP contribution in [0.3, 0.4) is 0 Å². The summed E-state index contributed by atoms with van der Waals surface area (Å²) in [5, 5.41) is 5.10. The number of benzene rings is 2. The molecule has 0 unspecified atom stereocenters. The molecule has 0 bridgehead atoms. The summed E-state index contributed by atoms with van der Waals surface area (Å²) >= 11 is 6.12. The van der Waals surface area contributed by atoms with Gasteiger partial charge in [0.1, 0.15) is 5.15 Å². The summed E-state index contributed by atoms with van der Waals surface area (Å²) in [6, 6.07) is 14.4. The third-order valence-corrected chi connectivity index (χ3v) is 2.90. The Balaban J connectivity index is 2.64. The molecule has 0 aliphatic rings. The normalized spacial score (nSPS) is 11.0. The first-order chi connectivity index (χ1) is 7.36. The Labute approximate surface area is 92.3 Å². The van der Waals surface area contributed by atoms with Crippen molar-refractivity contribution in [1.82, 2.24) is 4.98 Å². The minimum absolute atomic E-state index is 0.573. The Morgan fingerprint density at radius 1 is 0.867 bits per heavy atom. The van der Waals surface area contributed by atoms with Crippen LogP contribution >= 0.6 is 11.6 Å². The number of hydrogen-bond donors (Lipinski definition) is 0. The average Bonchev–Trinajstić information content (AvgIpc) is 2.29. The molecule has 0 fully saturated rings. The molecule has 1 heterocycles. The SMILES string of the molecule is Clc1nccc2ccc3ccccc3c12. The summed E-state index contributed by atoms with van der Waals surface area (Å²) in [6.07, 6.45) is 1.74. The van der Waals surface area contributed by atoms with Crippen molar-refractivity contribution in [3.05, 3.63) is 53.8 Å². The first-order valence-corrected chi connectivity index (χ1v) is 5.16. The van der Waals surface area contributed by atoms with Gasteiger partial charge in [-0.3, -0.25) is 0 Å². The summed E-state index contributed by atoms with van der Waals surface area (Å²) in [7, 11) is 0. The Kier molecular flexibility index (Phi) is 1.86. The molecule has 0 radical (unpaired) electrons. The third-order valence-electron chi connectivity index (χ3n) is 2.61. The molecule has 15 heavy (non-hydrogen) atoms. The van der Waals surface area contributed by atoms with E-state index >= 15 is 0 Å². The van der Waals surface area contributed by atoms with Crippen LogP contribution < -0.4 is 0 Å². The van der Waals surface area contributed by atoms with Crippen molar-refractivity contribution < 1.29 is 0 Å². The average molecular weight is 214 g/mol. The van der Waals surface area contributed by atoms with E-state index in [9.17, 15) is 0 Å². The smallest absolute Gasteiger partial charge is 0.137 e. The lowest BCUT2D eigenvalue weighted by Gasteiger charge is -2.04. The number of aromatic nitrogens is 1. The van der Waals surface area contributed by atoms with E-state index in [1.54, 1.807) is 6.20 Å².